The highest BCUT2D eigenvalue weighted by Gasteiger charge is 2.37. The van der Waals surface area contributed by atoms with Crippen LogP contribution in [0.15, 0.2) is 16.7 Å². The third-order valence-corrected chi connectivity index (χ3v) is 2.70. The first-order valence-corrected chi connectivity index (χ1v) is 5.90. The van der Waals surface area contributed by atoms with E-state index in [1.165, 1.54) is 6.07 Å². The third-order valence-electron chi connectivity index (χ3n) is 2.26. The Hall–Kier alpha value is -1.15. The second-order valence-corrected chi connectivity index (χ2v) is 4.27. The van der Waals surface area contributed by atoms with Crippen molar-refractivity contribution < 1.29 is 17.9 Å². The number of fused-ring (bicyclic) bond motifs is 1. The largest absolute Gasteiger partial charge is 0.449 e. The van der Waals surface area contributed by atoms with Crippen LogP contribution in [0.3, 0.4) is 0 Å². The predicted octanol–water partition coefficient (Wildman–Crippen LogP) is 3.21. The molecule has 0 saturated carbocycles. The van der Waals surface area contributed by atoms with E-state index in [4.69, 9.17) is 4.74 Å². The molecule has 0 aliphatic carbocycles. The van der Waals surface area contributed by atoms with Gasteiger partial charge in [0.2, 0.25) is 5.82 Å². The zero-order chi connectivity index (χ0) is 13.3. The number of alkyl halides is 3. The highest BCUT2D eigenvalue weighted by Crippen LogP contribution is 2.31. The summed E-state index contributed by atoms with van der Waals surface area (Å²) in [5, 5.41) is 0. The van der Waals surface area contributed by atoms with Gasteiger partial charge in [0.1, 0.15) is 11.3 Å². The van der Waals surface area contributed by atoms with Crippen LogP contribution in [0.5, 0.6) is 0 Å². The Bertz CT molecular complexity index is 567. The maximum Gasteiger partial charge on any atom is 0.449 e. The molecule has 0 radical (unpaired) electrons. The summed E-state index contributed by atoms with van der Waals surface area (Å²) in [6.45, 7) is 1.83. The number of halogens is 4. The van der Waals surface area contributed by atoms with Crippen LogP contribution in [0.1, 0.15) is 12.7 Å². The molecule has 0 saturated heterocycles. The Balaban J connectivity index is 2.60. The van der Waals surface area contributed by atoms with Gasteiger partial charge in [-0.25, -0.2) is 9.97 Å². The molecule has 0 aliphatic heterocycles. The molecule has 98 valence electrons. The van der Waals surface area contributed by atoms with E-state index in [0.717, 1.165) is 4.57 Å². The molecule has 8 heteroatoms. The fourth-order valence-electron chi connectivity index (χ4n) is 1.52. The van der Waals surface area contributed by atoms with Gasteiger partial charge in [-0.2, -0.15) is 13.2 Å². The van der Waals surface area contributed by atoms with E-state index in [2.05, 4.69) is 25.9 Å². The van der Waals surface area contributed by atoms with E-state index < -0.39 is 12.0 Å². The van der Waals surface area contributed by atoms with Gasteiger partial charge in [-0.3, -0.25) is 4.57 Å². The highest BCUT2D eigenvalue weighted by molar-refractivity contribution is 9.10. The van der Waals surface area contributed by atoms with E-state index in [1.54, 1.807) is 13.0 Å². The fraction of sp³-hybridized carbons (Fsp3) is 0.400. The number of aromatic nitrogens is 3. The van der Waals surface area contributed by atoms with Crippen molar-refractivity contribution in [3.63, 3.8) is 0 Å². The molecule has 0 atom stereocenters. The van der Waals surface area contributed by atoms with Gasteiger partial charge in [0, 0.05) is 6.61 Å². The molecule has 0 N–H and O–H groups in total. The summed E-state index contributed by atoms with van der Waals surface area (Å²) in [6.07, 6.45) is -4.54. The topological polar surface area (TPSA) is 39.9 Å². The van der Waals surface area contributed by atoms with Crippen molar-refractivity contribution in [2.24, 2.45) is 0 Å². The van der Waals surface area contributed by atoms with Crippen molar-refractivity contribution in [3.8, 4) is 0 Å². The summed E-state index contributed by atoms with van der Waals surface area (Å²) in [5.41, 5.74) is 0.329. The van der Waals surface area contributed by atoms with Crippen molar-refractivity contribution in [2.75, 3.05) is 6.61 Å². The number of imidazole rings is 1. The van der Waals surface area contributed by atoms with Gasteiger partial charge >= 0.3 is 6.18 Å². The first-order chi connectivity index (χ1) is 8.43. The zero-order valence-electron chi connectivity index (χ0n) is 9.33. The summed E-state index contributed by atoms with van der Waals surface area (Å²) in [5.74, 6) is -1.00. The lowest BCUT2D eigenvalue weighted by atomic mass is 10.4. The maximum atomic E-state index is 12.8. The number of hydrogen-bond donors (Lipinski definition) is 0. The van der Waals surface area contributed by atoms with E-state index in [9.17, 15) is 13.2 Å². The van der Waals surface area contributed by atoms with Crippen molar-refractivity contribution in [3.05, 3.63) is 22.6 Å². The summed E-state index contributed by atoms with van der Waals surface area (Å²) in [7, 11) is 0. The van der Waals surface area contributed by atoms with Crippen LogP contribution < -0.4 is 0 Å². The second-order valence-electron chi connectivity index (χ2n) is 3.46. The molecule has 0 aromatic carbocycles. The van der Waals surface area contributed by atoms with Gasteiger partial charge in [0.05, 0.1) is 5.52 Å². The normalized spacial score (nSPS) is 12.3. The Labute approximate surface area is 109 Å². The lowest BCUT2D eigenvalue weighted by Gasteiger charge is -2.10. The van der Waals surface area contributed by atoms with E-state index in [-0.39, 0.29) is 12.4 Å². The van der Waals surface area contributed by atoms with Gasteiger partial charge < -0.3 is 4.74 Å². The molecular formula is C10H9BrF3N3O. The quantitative estimate of drug-likeness (QED) is 0.814. The molecule has 2 heterocycles. The van der Waals surface area contributed by atoms with Gasteiger partial charge in [-0.05, 0) is 35.0 Å². The lowest BCUT2D eigenvalue weighted by molar-refractivity contribution is -0.149. The summed E-state index contributed by atoms with van der Waals surface area (Å²) < 4.78 is 44.9. The average Bonchev–Trinajstić information content (AvgIpc) is 2.63. The maximum absolute atomic E-state index is 12.8. The smallest absolute Gasteiger partial charge is 0.361 e. The van der Waals surface area contributed by atoms with Crippen LogP contribution in [-0.2, 0) is 17.6 Å². The minimum Gasteiger partial charge on any atom is -0.361 e. The molecule has 2 aromatic heterocycles. The molecule has 2 rings (SSSR count). The molecule has 0 bridgehead atoms. The van der Waals surface area contributed by atoms with Gasteiger partial charge in [-0.1, -0.05) is 0 Å². The number of ether oxygens (including phenoxy) is 1. The van der Waals surface area contributed by atoms with Crippen LogP contribution in [0, 0.1) is 0 Å². The molecule has 0 aliphatic rings. The number of nitrogens with zero attached hydrogens (tertiary/aromatic N) is 3. The molecule has 0 unspecified atom stereocenters. The van der Waals surface area contributed by atoms with Crippen molar-refractivity contribution in [2.45, 2.75) is 19.8 Å². The van der Waals surface area contributed by atoms with Crippen LogP contribution in [0.2, 0.25) is 0 Å². The third kappa shape index (κ3) is 2.49. The van der Waals surface area contributed by atoms with Crippen LogP contribution >= 0.6 is 15.9 Å². The minimum atomic E-state index is -4.54. The van der Waals surface area contributed by atoms with Crippen LogP contribution in [-0.4, -0.2) is 21.1 Å². The fourth-order valence-corrected chi connectivity index (χ4v) is 1.82. The van der Waals surface area contributed by atoms with E-state index >= 15 is 0 Å². The van der Waals surface area contributed by atoms with Crippen LogP contribution in [0.25, 0.3) is 11.2 Å². The van der Waals surface area contributed by atoms with Crippen LogP contribution in [0.4, 0.5) is 13.2 Å². The predicted molar refractivity (Wildman–Crippen MR) is 61.9 cm³/mol. The molecule has 0 fully saturated rings. The van der Waals surface area contributed by atoms with Crippen molar-refractivity contribution in [1.82, 2.24) is 14.5 Å². The highest BCUT2D eigenvalue weighted by atomic mass is 79.9. The Morgan fingerprint density at radius 3 is 2.67 bits per heavy atom. The zero-order valence-corrected chi connectivity index (χ0v) is 10.9. The minimum absolute atomic E-state index is 0.0383. The SMILES string of the molecule is CCOCn1c(C(F)(F)F)nc2nc(Br)ccc21. The first-order valence-electron chi connectivity index (χ1n) is 5.11. The average molecular weight is 324 g/mol. The number of pyridine rings is 1. The molecular weight excluding hydrogens is 315 g/mol. The monoisotopic (exact) mass is 323 g/mol. The Kier molecular flexibility index (Phi) is 3.58. The summed E-state index contributed by atoms with van der Waals surface area (Å²) in [6, 6.07) is 3.08. The van der Waals surface area contributed by atoms with Crippen molar-refractivity contribution >= 4 is 27.1 Å². The Morgan fingerprint density at radius 2 is 2.06 bits per heavy atom. The van der Waals surface area contributed by atoms with Gasteiger partial charge in [0.15, 0.2) is 5.65 Å². The number of rotatable bonds is 3. The van der Waals surface area contributed by atoms with Crippen molar-refractivity contribution in [1.29, 1.82) is 0 Å². The standard InChI is InChI=1S/C10H9BrF3N3O/c1-2-18-5-17-6-3-4-7(11)15-8(6)16-9(17)10(12,13)14/h3-4H,2,5H2,1H3. The Morgan fingerprint density at radius 1 is 1.33 bits per heavy atom. The van der Waals surface area contributed by atoms with Gasteiger partial charge in [0.25, 0.3) is 0 Å². The summed E-state index contributed by atoms with van der Waals surface area (Å²) in [4.78, 5) is 7.42. The molecule has 2 aromatic rings. The lowest BCUT2D eigenvalue weighted by Crippen LogP contribution is -2.16. The summed E-state index contributed by atoms with van der Waals surface area (Å²) >= 11 is 3.10. The first kappa shape index (κ1) is 13.3. The van der Waals surface area contributed by atoms with Gasteiger partial charge in [-0.15, -0.1) is 0 Å². The molecule has 18 heavy (non-hydrogen) atoms. The van der Waals surface area contributed by atoms with E-state index in [1.807, 2.05) is 0 Å². The molecule has 0 amide bonds. The van der Waals surface area contributed by atoms with E-state index in [0.29, 0.717) is 16.7 Å². The second kappa shape index (κ2) is 4.85. The number of hydrogen-bond acceptors (Lipinski definition) is 3. The molecule has 0 spiro atoms. The molecule has 4 nitrogen and oxygen atoms in total.